The molecule has 1 amide bonds. The van der Waals surface area contributed by atoms with Crippen molar-refractivity contribution >= 4 is 47.2 Å². The topological polar surface area (TPSA) is 56.7 Å². The highest BCUT2D eigenvalue weighted by Gasteiger charge is 2.21. The van der Waals surface area contributed by atoms with Gasteiger partial charge in [0.2, 0.25) is 5.91 Å². The number of rotatable bonds is 4. The summed E-state index contributed by atoms with van der Waals surface area (Å²) in [5.41, 5.74) is 4.67. The molecule has 5 nitrogen and oxygen atoms in total. The highest BCUT2D eigenvalue weighted by molar-refractivity contribution is 14.0. The molecule has 3 rings (SSSR count). The van der Waals surface area contributed by atoms with Gasteiger partial charge >= 0.3 is 0 Å². The molecule has 0 fully saturated rings. The number of fused-ring (bicyclic) bond motifs is 1. The smallest absolute Gasteiger partial charge is 0.221 e. The van der Waals surface area contributed by atoms with Crippen molar-refractivity contribution in [1.29, 1.82) is 0 Å². The largest absolute Gasteiger partial charge is 0.356 e. The van der Waals surface area contributed by atoms with Crippen molar-refractivity contribution in [1.82, 2.24) is 5.32 Å². The fraction of sp³-hybridized carbons (Fsp3) is 0.300. The second-order valence-corrected chi connectivity index (χ2v) is 6.13. The summed E-state index contributed by atoms with van der Waals surface area (Å²) < 4.78 is 0. The van der Waals surface area contributed by atoms with Gasteiger partial charge in [-0.15, -0.1) is 24.0 Å². The molecule has 0 bridgehead atoms. The van der Waals surface area contributed by atoms with Gasteiger partial charge < -0.3 is 15.5 Å². The third-order valence-electron chi connectivity index (χ3n) is 4.33. The number of halogens is 1. The molecule has 0 saturated heterocycles. The van der Waals surface area contributed by atoms with E-state index < -0.39 is 0 Å². The zero-order chi connectivity index (χ0) is 17.6. The van der Waals surface area contributed by atoms with Crippen LogP contribution < -0.4 is 15.5 Å². The average molecular weight is 464 g/mol. The van der Waals surface area contributed by atoms with Crippen molar-refractivity contribution in [2.24, 2.45) is 4.99 Å². The number of hydrogen-bond acceptors (Lipinski definition) is 2. The van der Waals surface area contributed by atoms with Crippen LogP contribution in [0.25, 0.3) is 0 Å². The number of hydrogen-bond donors (Lipinski definition) is 2. The Bertz CT molecular complexity index is 774. The predicted octanol–water partition coefficient (Wildman–Crippen LogP) is 3.44. The number of nitrogens with zero attached hydrogens (tertiary/aromatic N) is 2. The standard InChI is InChI=1S/C20H24N4O.HI/c1-15(25)23-18-9-7-16(8-10-18)11-13-22-20(21-2)24-14-12-17-5-3-4-6-19(17)24;/h3-10H,11-14H2,1-2H3,(H,21,22)(H,23,25);1H. The number of amides is 1. The van der Waals surface area contributed by atoms with Crippen LogP contribution in [-0.4, -0.2) is 32.0 Å². The number of benzene rings is 2. The zero-order valence-electron chi connectivity index (χ0n) is 15.2. The summed E-state index contributed by atoms with van der Waals surface area (Å²) in [7, 11) is 1.82. The lowest BCUT2D eigenvalue weighted by Gasteiger charge is -2.22. The summed E-state index contributed by atoms with van der Waals surface area (Å²) in [5, 5.41) is 6.24. The maximum absolute atomic E-state index is 11.1. The molecule has 0 radical (unpaired) electrons. The molecular formula is C20H25IN4O. The van der Waals surface area contributed by atoms with Crippen molar-refractivity contribution < 1.29 is 4.79 Å². The Labute approximate surface area is 171 Å². The highest BCUT2D eigenvalue weighted by Crippen LogP contribution is 2.27. The normalized spacial score (nSPS) is 13.0. The fourth-order valence-electron chi connectivity index (χ4n) is 3.13. The summed E-state index contributed by atoms with van der Waals surface area (Å²) in [6.45, 7) is 3.29. The average Bonchev–Trinajstić information content (AvgIpc) is 3.04. The van der Waals surface area contributed by atoms with Gasteiger partial charge in [-0.25, -0.2) is 0 Å². The highest BCUT2D eigenvalue weighted by atomic mass is 127. The second-order valence-electron chi connectivity index (χ2n) is 6.13. The van der Waals surface area contributed by atoms with Crippen LogP contribution in [-0.2, 0) is 17.6 Å². The lowest BCUT2D eigenvalue weighted by Crippen LogP contribution is -2.41. The Hall–Kier alpha value is -2.09. The number of aliphatic imine (C=N–C) groups is 1. The lowest BCUT2D eigenvalue weighted by molar-refractivity contribution is -0.114. The number of guanidine groups is 1. The van der Waals surface area contributed by atoms with Gasteiger partial charge in [0.25, 0.3) is 0 Å². The van der Waals surface area contributed by atoms with Gasteiger partial charge in [-0.3, -0.25) is 9.79 Å². The molecule has 1 aliphatic heterocycles. The molecule has 2 aromatic rings. The van der Waals surface area contributed by atoms with E-state index in [1.807, 2.05) is 31.3 Å². The molecule has 0 saturated carbocycles. The van der Waals surface area contributed by atoms with Gasteiger partial charge in [0, 0.05) is 38.4 Å². The van der Waals surface area contributed by atoms with Gasteiger partial charge in [-0.05, 0) is 42.2 Å². The van der Waals surface area contributed by atoms with Crippen molar-refractivity contribution in [3.8, 4) is 0 Å². The Kier molecular flexibility index (Phi) is 7.44. The first-order chi connectivity index (χ1) is 12.2. The second kappa shape index (κ2) is 9.56. The van der Waals surface area contributed by atoms with Gasteiger partial charge in [-0.1, -0.05) is 30.3 Å². The molecule has 0 unspecified atom stereocenters. The van der Waals surface area contributed by atoms with Crippen molar-refractivity contribution in [2.45, 2.75) is 19.8 Å². The SMILES string of the molecule is CN=C(NCCc1ccc(NC(C)=O)cc1)N1CCc2ccccc21.I. The maximum atomic E-state index is 11.1. The minimum Gasteiger partial charge on any atom is -0.356 e. The van der Waals surface area contributed by atoms with E-state index in [9.17, 15) is 4.79 Å². The Balaban J connectivity index is 0.00000243. The molecule has 0 spiro atoms. The number of anilines is 2. The van der Waals surface area contributed by atoms with Crippen LogP contribution in [0.1, 0.15) is 18.1 Å². The van der Waals surface area contributed by atoms with Crippen LogP contribution >= 0.6 is 24.0 Å². The Morgan fingerprint density at radius 3 is 2.58 bits per heavy atom. The monoisotopic (exact) mass is 464 g/mol. The third kappa shape index (κ3) is 4.97. The summed E-state index contributed by atoms with van der Waals surface area (Å²) in [6, 6.07) is 16.4. The third-order valence-corrected chi connectivity index (χ3v) is 4.33. The number of carbonyl (C=O) groups excluding carboxylic acids is 1. The van der Waals surface area contributed by atoms with Crippen LogP contribution in [0.2, 0.25) is 0 Å². The molecule has 1 aliphatic rings. The van der Waals surface area contributed by atoms with E-state index in [1.54, 1.807) is 0 Å². The predicted molar refractivity (Wildman–Crippen MR) is 119 cm³/mol. The molecule has 0 aromatic heterocycles. The quantitative estimate of drug-likeness (QED) is 0.414. The van der Waals surface area contributed by atoms with Crippen LogP contribution in [0.4, 0.5) is 11.4 Å². The Morgan fingerprint density at radius 1 is 1.15 bits per heavy atom. The molecule has 138 valence electrons. The summed E-state index contributed by atoms with van der Waals surface area (Å²) in [6.07, 6.45) is 1.95. The molecule has 0 atom stereocenters. The summed E-state index contributed by atoms with van der Waals surface area (Å²) in [5.74, 6) is 0.865. The molecule has 2 N–H and O–H groups in total. The molecule has 6 heteroatoms. The maximum Gasteiger partial charge on any atom is 0.221 e. The van der Waals surface area contributed by atoms with Crippen molar-refractivity contribution in [3.05, 3.63) is 59.7 Å². The first-order valence-corrected chi connectivity index (χ1v) is 8.60. The zero-order valence-corrected chi connectivity index (χ0v) is 17.5. The van der Waals surface area contributed by atoms with Crippen LogP contribution in [0, 0.1) is 0 Å². The molecule has 26 heavy (non-hydrogen) atoms. The van der Waals surface area contributed by atoms with E-state index in [0.717, 1.165) is 37.6 Å². The number of nitrogens with one attached hydrogen (secondary N) is 2. The first kappa shape index (κ1) is 20.2. The minimum atomic E-state index is -0.0517. The fourth-order valence-corrected chi connectivity index (χ4v) is 3.13. The van der Waals surface area contributed by atoms with E-state index >= 15 is 0 Å². The first-order valence-electron chi connectivity index (χ1n) is 8.60. The Morgan fingerprint density at radius 2 is 1.88 bits per heavy atom. The van der Waals surface area contributed by atoms with Gasteiger partial charge in [0.15, 0.2) is 5.96 Å². The molecule has 1 heterocycles. The minimum absolute atomic E-state index is 0. The molecule has 0 aliphatic carbocycles. The number of carbonyl (C=O) groups is 1. The van der Waals surface area contributed by atoms with Crippen molar-refractivity contribution in [3.63, 3.8) is 0 Å². The van der Waals surface area contributed by atoms with E-state index in [-0.39, 0.29) is 29.9 Å². The van der Waals surface area contributed by atoms with Crippen LogP contribution in [0.15, 0.2) is 53.5 Å². The van der Waals surface area contributed by atoms with E-state index in [1.165, 1.54) is 23.7 Å². The van der Waals surface area contributed by atoms with Crippen LogP contribution in [0.5, 0.6) is 0 Å². The molecular weight excluding hydrogens is 439 g/mol. The van der Waals surface area contributed by atoms with Crippen molar-refractivity contribution in [2.75, 3.05) is 30.4 Å². The molecule has 2 aromatic carbocycles. The van der Waals surface area contributed by atoms with Gasteiger partial charge in [0.1, 0.15) is 0 Å². The van der Waals surface area contributed by atoms with E-state index in [0.29, 0.717) is 0 Å². The van der Waals surface area contributed by atoms with Gasteiger partial charge in [-0.2, -0.15) is 0 Å². The van der Waals surface area contributed by atoms with Gasteiger partial charge in [0.05, 0.1) is 0 Å². The lowest BCUT2D eigenvalue weighted by atomic mass is 10.1. The number of para-hydroxylation sites is 1. The summed E-state index contributed by atoms with van der Waals surface area (Å²) in [4.78, 5) is 17.7. The van der Waals surface area contributed by atoms with Crippen LogP contribution in [0.3, 0.4) is 0 Å². The van der Waals surface area contributed by atoms with E-state index in [2.05, 4.69) is 44.8 Å². The van der Waals surface area contributed by atoms with E-state index in [4.69, 9.17) is 0 Å². The summed E-state index contributed by atoms with van der Waals surface area (Å²) >= 11 is 0.